The minimum absolute atomic E-state index is 0.0702. The van der Waals surface area contributed by atoms with E-state index in [1.165, 1.54) is 19.3 Å². The smallest absolute Gasteiger partial charge is 0.253 e. The molecule has 0 radical (unpaired) electrons. The second-order valence-electron chi connectivity index (χ2n) is 5.92. The minimum atomic E-state index is 0.0702. The van der Waals surface area contributed by atoms with Gasteiger partial charge >= 0.3 is 0 Å². The van der Waals surface area contributed by atoms with Gasteiger partial charge in [-0.15, -0.1) is 0 Å². The highest BCUT2D eigenvalue weighted by molar-refractivity contribution is 5.95. The molecule has 1 aliphatic carbocycles. The van der Waals surface area contributed by atoms with Crippen molar-refractivity contribution < 1.29 is 4.79 Å². The van der Waals surface area contributed by atoms with Crippen LogP contribution in [0.1, 0.15) is 48.0 Å². The molecule has 4 heteroatoms. The molecule has 2 heterocycles. The maximum absolute atomic E-state index is 12.1. The zero-order chi connectivity index (χ0) is 13.2. The summed E-state index contributed by atoms with van der Waals surface area (Å²) in [6, 6.07) is 1.18. The monoisotopic (exact) mass is 261 g/mol. The van der Waals surface area contributed by atoms with E-state index in [1.54, 1.807) is 6.20 Å². The summed E-state index contributed by atoms with van der Waals surface area (Å²) in [6.45, 7) is 4.24. The molecule has 2 aliphatic rings. The molecule has 19 heavy (non-hydrogen) atoms. The van der Waals surface area contributed by atoms with Crippen LogP contribution in [0.15, 0.2) is 12.4 Å². The van der Waals surface area contributed by atoms with E-state index >= 15 is 0 Å². The fourth-order valence-corrected chi connectivity index (χ4v) is 3.11. The number of aromatic nitrogens is 1. The average molecular weight is 261 g/mol. The van der Waals surface area contributed by atoms with Crippen LogP contribution in [-0.2, 0) is 0 Å². The molecule has 1 saturated carbocycles. The second-order valence-corrected chi connectivity index (χ2v) is 5.92. The first kappa shape index (κ1) is 12.7. The molecule has 1 aromatic heterocycles. The first-order chi connectivity index (χ1) is 9.24. The number of hydrogen-bond acceptors (Lipinski definition) is 2. The maximum atomic E-state index is 12.1. The first-order valence-corrected chi connectivity index (χ1v) is 7.42. The molecule has 104 valence electrons. The predicted octanol–water partition coefficient (Wildman–Crippen LogP) is 2.07. The van der Waals surface area contributed by atoms with Gasteiger partial charge in [0, 0.05) is 37.6 Å². The Morgan fingerprint density at radius 2 is 2.00 bits per heavy atom. The summed E-state index contributed by atoms with van der Waals surface area (Å²) in [7, 11) is 0. The maximum Gasteiger partial charge on any atom is 0.253 e. The molecule has 4 nitrogen and oxygen atoms in total. The molecule has 0 bridgehead atoms. The molecule has 2 fully saturated rings. The van der Waals surface area contributed by atoms with Crippen LogP contribution in [-0.4, -0.2) is 41.0 Å². The Morgan fingerprint density at radius 1 is 1.26 bits per heavy atom. The molecule has 1 aromatic rings. The molecule has 0 unspecified atom stereocenters. The third kappa shape index (κ3) is 2.68. The Labute approximate surface area is 114 Å². The Morgan fingerprint density at radius 3 is 2.53 bits per heavy atom. The largest absolute Gasteiger partial charge is 0.367 e. The number of piperidine rings is 1. The number of rotatable bonds is 3. The first-order valence-electron chi connectivity index (χ1n) is 7.42. The van der Waals surface area contributed by atoms with Crippen LogP contribution < -0.4 is 5.32 Å². The Kier molecular flexibility index (Phi) is 3.60. The lowest BCUT2D eigenvalue weighted by molar-refractivity contribution is 0.0800. The predicted molar refractivity (Wildman–Crippen MR) is 75.2 cm³/mol. The van der Waals surface area contributed by atoms with Crippen LogP contribution in [0.5, 0.6) is 0 Å². The van der Waals surface area contributed by atoms with Crippen molar-refractivity contribution in [2.45, 2.75) is 51.1 Å². The number of carbonyl (C=O) groups is 1. The number of aryl methyl sites for hydroxylation is 1. The van der Waals surface area contributed by atoms with Crippen molar-refractivity contribution >= 4 is 5.91 Å². The van der Waals surface area contributed by atoms with Gasteiger partial charge < -0.3 is 15.2 Å². The topological polar surface area (TPSA) is 48.1 Å². The van der Waals surface area contributed by atoms with Gasteiger partial charge in [-0.1, -0.05) is 6.42 Å². The minimum Gasteiger partial charge on any atom is -0.367 e. The zero-order valence-electron chi connectivity index (χ0n) is 11.6. The molecule has 2 N–H and O–H groups in total. The summed E-state index contributed by atoms with van der Waals surface area (Å²) in [5.41, 5.74) is 1.80. The van der Waals surface area contributed by atoms with Crippen molar-refractivity contribution in [3.8, 4) is 0 Å². The van der Waals surface area contributed by atoms with Gasteiger partial charge in [0.15, 0.2) is 0 Å². The van der Waals surface area contributed by atoms with Gasteiger partial charge in [-0.3, -0.25) is 4.79 Å². The number of H-pyrrole nitrogens is 1. The van der Waals surface area contributed by atoms with Gasteiger partial charge in [0.25, 0.3) is 5.91 Å². The lowest BCUT2D eigenvalue weighted by atomic mass is 9.89. The van der Waals surface area contributed by atoms with E-state index in [9.17, 15) is 4.79 Å². The van der Waals surface area contributed by atoms with Crippen molar-refractivity contribution in [1.29, 1.82) is 0 Å². The number of likely N-dealkylation sites (tertiary alicyclic amines) is 1. The highest BCUT2D eigenvalue weighted by Gasteiger charge is 2.29. The number of carbonyl (C=O) groups excluding carboxylic acids is 1. The quantitative estimate of drug-likeness (QED) is 0.875. The summed E-state index contributed by atoms with van der Waals surface area (Å²) in [6.07, 6.45) is 9.98. The van der Waals surface area contributed by atoms with Crippen LogP contribution in [0.25, 0.3) is 0 Å². The fraction of sp³-hybridized carbons (Fsp3) is 0.667. The van der Waals surface area contributed by atoms with Crippen molar-refractivity contribution in [3.05, 3.63) is 23.5 Å². The summed E-state index contributed by atoms with van der Waals surface area (Å²) < 4.78 is 0. The van der Waals surface area contributed by atoms with Crippen molar-refractivity contribution in [2.24, 2.45) is 0 Å². The third-order valence-electron chi connectivity index (χ3n) is 4.65. The number of nitrogens with zero attached hydrogens (tertiary/aromatic N) is 1. The van der Waals surface area contributed by atoms with Gasteiger partial charge in [0.05, 0.1) is 5.56 Å². The summed E-state index contributed by atoms with van der Waals surface area (Å²) in [5, 5.41) is 3.17. The summed E-state index contributed by atoms with van der Waals surface area (Å²) in [4.78, 5) is 17.7. The Balaban J connectivity index is 1.49. The number of amides is 1. The zero-order valence-corrected chi connectivity index (χ0v) is 11.6. The van der Waals surface area contributed by atoms with Gasteiger partial charge in [0.1, 0.15) is 0 Å². The molecule has 1 amide bonds. The van der Waals surface area contributed by atoms with Crippen LogP contribution in [0.4, 0.5) is 0 Å². The van der Waals surface area contributed by atoms with Crippen LogP contribution in [0.2, 0.25) is 0 Å². The molecular formula is C15H23N3O. The molecular weight excluding hydrogens is 238 g/mol. The van der Waals surface area contributed by atoms with Crippen molar-refractivity contribution in [2.75, 3.05) is 13.1 Å². The van der Waals surface area contributed by atoms with Crippen LogP contribution >= 0.6 is 0 Å². The highest BCUT2D eigenvalue weighted by atomic mass is 16.1. The fourth-order valence-electron chi connectivity index (χ4n) is 3.11. The number of nitrogens with one attached hydrogen (secondary N) is 2. The van der Waals surface area contributed by atoms with E-state index in [2.05, 4.69) is 15.2 Å². The molecule has 1 aliphatic heterocycles. The van der Waals surface area contributed by atoms with Gasteiger partial charge in [-0.05, 0) is 38.2 Å². The third-order valence-corrected chi connectivity index (χ3v) is 4.65. The van der Waals surface area contributed by atoms with Crippen molar-refractivity contribution in [3.63, 3.8) is 0 Å². The molecule has 0 atom stereocenters. The lowest BCUT2D eigenvalue weighted by Gasteiger charge is -2.41. The average Bonchev–Trinajstić information content (AvgIpc) is 2.76. The van der Waals surface area contributed by atoms with Crippen LogP contribution in [0, 0.1) is 6.92 Å². The van der Waals surface area contributed by atoms with E-state index in [0.717, 1.165) is 43.1 Å². The summed E-state index contributed by atoms with van der Waals surface area (Å²) in [5.74, 6) is 0.0702. The van der Waals surface area contributed by atoms with E-state index in [4.69, 9.17) is 0 Å². The van der Waals surface area contributed by atoms with Gasteiger partial charge in [0.2, 0.25) is 0 Å². The lowest BCUT2D eigenvalue weighted by Crippen LogP contribution is -2.49. The van der Waals surface area contributed by atoms with E-state index in [-0.39, 0.29) is 5.91 Å². The summed E-state index contributed by atoms with van der Waals surface area (Å²) >= 11 is 0. The van der Waals surface area contributed by atoms with E-state index in [1.807, 2.05) is 13.1 Å². The SMILES string of the molecule is Cc1c[nH]cc1C(=O)NC1CCN(C2CCC2)CC1. The van der Waals surface area contributed by atoms with Gasteiger partial charge in [-0.25, -0.2) is 0 Å². The molecule has 1 saturated heterocycles. The number of hydrogen-bond donors (Lipinski definition) is 2. The van der Waals surface area contributed by atoms with Crippen molar-refractivity contribution in [1.82, 2.24) is 15.2 Å². The molecule has 0 spiro atoms. The van der Waals surface area contributed by atoms with E-state index < -0.39 is 0 Å². The highest BCUT2D eigenvalue weighted by Crippen LogP contribution is 2.27. The Bertz CT molecular complexity index is 442. The molecule has 0 aromatic carbocycles. The standard InChI is InChI=1S/C15H23N3O/c1-11-9-16-10-14(11)15(19)17-12-5-7-18(8-6-12)13-3-2-4-13/h9-10,12-13,16H,2-8H2,1H3,(H,17,19). The normalized spacial score (nSPS) is 22.2. The number of aromatic amines is 1. The van der Waals surface area contributed by atoms with Gasteiger partial charge in [-0.2, -0.15) is 0 Å². The second kappa shape index (κ2) is 5.37. The van der Waals surface area contributed by atoms with Crippen LogP contribution in [0.3, 0.4) is 0 Å². The van der Waals surface area contributed by atoms with E-state index in [0.29, 0.717) is 6.04 Å². The molecule has 3 rings (SSSR count). The Hall–Kier alpha value is -1.29.